The molecular formula is C11H11N3O2. The Labute approximate surface area is 92.3 Å². The average Bonchev–Trinajstić information content (AvgIpc) is 2.70. The first-order valence-corrected chi connectivity index (χ1v) is 4.81. The third kappa shape index (κ3) is 1.79. The molecule has 1 aromatic heterocycles. The fourth-order valence-corrected chi connectivity index (χ4v) is 1.41. The van der Waals surface area contributed by atoms with Crippen LogP contribution in [-0.2, 0) is 0 Å². The Morgan fingerprint density at radius 2 is 2.12 bits per heavy atom. The fourth-order valence-electron chi connectivity index (χ4n) is 1.41. The van der Waals surface area contributed by atoms with Gasteiger partial charge in [-0.05, 0) is 31.0 Å². The Balaban J connectivity index is 2.50. The van der Waals surface area contributed by atoms with Crippen LogP contribution < -0.4 is 0 Å². The van der Waals surface area contributed by atoms with Crippen LogP contribution in [0.4, 0.5) is 0 Å². The van der Waals surface area contributed by atoms with Crippen molar-refractivity contribution in [2.24, 2.45) is 0 Å². The third-order valence-electron chi connectivity index (χ3n) is 2.29. The second-order valence-electron chi connectivity index (χ2n) is 3.61. The lowest BCUT2D eigenvalue weighted by atomic mass is 10.1. The normalized spacial score (nSPS) is 10.4. The SMILES string of the molecule is Cc1ccc(C)c(-n2ncc(C(=O)O)n2)c1. The van der Waals surface area contributed by atoms with Gasteiger partial charge in [-0.2, -0.15) is 9.90 Å². The van der Waals surface area contributed by atoms with E-state index >= 15 is 0 Å². The van der Waals surface area contributed by atoms with Crippen molar-refractivity contribution in [3.63, 3.8) is 0 Å². The van der Waals surface area contributed by atoms with E-state index in [-0.39, 0.29) is 5.69 Å². The van der Waals surface area contributed by atoms with Crippen molar-refractivity contribution >= 4 is 5.97 Å². The topological polar surface area (TPSA) is 68.0 Å². The van der Waals surface area contributed by atoms with E-state index in [9.17, 15) is 4.79 Å². The molecule has 0 radical (unpaired) electrons. The largest absolute Gasteiger partial charge is 0.476 e. The molecular weight excluding hydrogens is 206 g/mol. The van der Waals surface area contributed by atoms with E-state index in [4.69, 9.17) is 5.11 Å². The number of carbonyl (C=O) groups is 1. The van der Waals surface area contributed by atoms with Crippen LogP contribution in [0.15, 0.2) is 24.4 Å². The molecule has 82 valence electrons. The van der Waals surface area contributed by atoms with Gasteiger partial charge < -0.3 is 5.11 Å². The van der Waals surface area contributed by atoms with Crippen LogP contribution in [0.1, 0.15) is 21.6 Å². The number of aromatic carboxylic acids is 1. The Morgan fingerprint density at radius 1 is 1.38 bits per heavy atom. The zero-order valence-corrected chi connectivity index (χ0v) is 9.01. The van der Waals surface area contributed by atoms with Gasteiger partial charge in [0, 0.05) is 0 Å². The van der Waals surface area contributed by atoms with Crippen LogP contribution in [0.25, 0.3) is 5.69 Å². The smallest absolute Gasteiger partial charge is 0.358 e. The van der Waals surface area contributed by atoms with E-state index in [2.05, 4.69) is 10.2 Å². The van der Waals surface area contributed by atoms with E-state index in [1.165, 1.54) is 11.0 Å². The van der Waals surface area contributed by atoms with Gasteiger partial charge >= 0.3 is 5.97 Å². The van der Waals surface area contributed by atoms with E-state index in [1.807, 2.05) is 32.0 Å². The monoisotopic (exact) mass is 217 g/mol. The summed E-state index contributed by atoms with van der Waals surface area (Å²) in [6.07, 6.45) is 1.24. The number of hydrogen-bond acceptors (Lipinski definition) is 3. The van der Waals surface area contributed by atoms with Crippen molar-refractivity contribution in [3.05, 3.63) is 41.2 Å². The Hall–Kier alpha value is -2.17. The second-order valence-corrected chi connectivity index (χ2v) is 3.61. The number of carboxylic acids is 1. The minimum Gasteiger partial charge on any atom is -0.476 e. The van der Waals surface area contributed by atoms with Gasteiger partial charge in [0.1, 0.15) is 0 Å². The molecule has 0 aliphatic rings. The molecule has 0 unspecified atom stereocenters. The van der Waals surface area contributed by atoms with Gasteiger partial charge in [0.25, 0.3) is 0 Å². The van der Waals surface area contributed by atoms with E-state index in [1.54, 1.807) is 0 Å². The first-order chi connectivity index (χ1) is 7.58. The van der Waals surface area contributed by atoms with Gasteiger partial charge in [-0.25, -0.2) is 4.79 Å². The summed E-state index contributed by atoms with van der Waals surface area (Å²) in [5.74, 6) is -1.07. The highest BCUT2D eigenvalue weighted by atomic mass is 16.4. The number of nitrogens with zero attached hydrogens (tertiary/aromatic N) is 3. The molecule has 16 heavy (non-hydrogen) atoms. The minimum absolute atomic E-state index is 0.0547. The zero-order chi connectivity index (χ0) is 11.7. The molecule has 0 atom stereocenters. The molecule has 1 N–H and O–H groups in total. The van der Waals surface area contributed by atoms with Crippen molar-refractivity contribution in [1.82, 2.24) is 15.0 Å². The molecule has 5 heteroatoms. The summed E-state index contributed by atoms with van der Waals surface area (Å²) in [5.41, 5.74) is 2.82. The molecule has 5 nitrogen and oxygen atoms in total. The van der Waals surface area contributed by atoms with Crippen molar-refractivity contribution in [1.29, 1.82) is 0 Å². The quantitative estimate of drug-likeness (QED) is 0.829. The fraction of sp³-hybridized carbons (Fsp3) is 0.182. The standard InChI is InChI=1S/C11H11N3O2/c1-7-3-4-8(2)10(5-7)14-12-6-9(13-14)11(15)16/h3-6H,1-2H3,(H,15,16). The molecule has 0 saturated heterocycles. The van der Waals surface area contributed by atoms with Crippen LogP contribution in [0.5, 0.6) is 0 Å². The summed E-state index contributed by atoms with van der Waals surface area (Å²) < 4.78 is 0. The lowest BCUT2D eigenvalue weighted by molar-refractivity contribution is 0.0690. The summed E-state index contributed by atoms with van der Waals surface area (Å²) in [6, 6.07) is 5.86. The van der Waals surface area contributed by atoms with Crippen LogP contribution in [0, 0.1) is 13.8 Å². The van der Waals surface area contributed by atoms with Gasteiger partial charge in [-0.15, -0.1) is 5.10 Å². The first-order valence-electron chi connectivity index (χ1n) is 4.81. The number of rotatable bonds is 2. The molecule has 0 aliphatic heterocycles. The zero-order valence-electron chi connectivity index (χ0n) is 9.01. The predicted octanol–water partition coefficient (Wildman–Crippen LogP) is 1.58. The molecule has 0 spiro atoms. The molecule has 0 fully saturated rings. The third-order valence-corrected chi connectivity index (χ3v) is 2.29. The lowest BCUT2D eigenvalue weighted by Crippen LogP contribution is -2.04. The number of benzene rings is 1. The molecule has 0 bridgehead atoms. The molecule has 2 aromatic rings. The number of aromatic nitrogens is 3. The van der Waals surface area contributed by atoms with Crippen LogP contribution in [0.2, 0.25) is 0 Å². The van der Waals surface area contributed by atoms with E-state index < -0.39 is 5.97 Å². The molecule has 1 heterocycles. The van der Waals surface area contributed by atoms with E-state index in [0.717, 1.165) is 16.8 Å². The van der Waals surface area contributed by atoms with Crippen molar-refractivity contribution in [3.8, 4) is 5.69 Å². The maximum Gasteiger partial charge on any atom is 0.358 e. The van der Waals surface area contributed by atoms with E-state index in [0.29, 0.717) is 0 Å². The Kier molecular flexibility index (Phi) is 2.44. The predicted molar refractivity (Wildman–Crippen MR) is 57.8 cm³/mol. The molecule has 0 saturated carbocycles. The van der Waals surface area contributed by atoms with Gasteiger partial charge in [0.2, 0.25) is 0 Å². The maximum atomic E-state index is 10.7. The van der Waals surface area contributed by atoms with Crippen molar-refractivity contribution in [2.45, 2.75) is 13.8 Å². The molecule has 1 aromatic carbocycles. The second kappa shape index (κ2) is 3.77. The van der Waals surface area contributed by atoms with Gasteiger partial charge in [0.05, 0.1) is 11.9 Å². The first kappa shape index (κ1) is 10.4. The molecule has 0 aliphatic carbocycles. The summed E-state index contributed by atoms with van der Waals surface area (Å²) in [7, 11) is 0. The summed E-state index contributed by atoms with van der Waals surface area (Å²) in [6.45, 7) is 3.89. The maximum absolute atomic E-state index is 10.7. The van der Waals surface area contributed by atoms with Crippen molar-refractivity contribution in [2.75, 3.05) is 0 Å². The van der Waals surface area contributed by atoms with Crippen LogP contribution in [-0.4, -0.2) is 26.1 Å². The van der Waals surface area contributed by atoms with Crippen LogP contribution in [0.3, 0.4) is 0 Å². The van der Waals surface area contributed by atoms with Crippen molar-refractivity contribution < 1.29 is 9.90 Å². The van der Waals surface area contributed by atoms with Gasteiger partial charge in [-0.3, -0.25) is 0 Å². The number of carboxylic acid groups (broad SMARTS) is 1. The van der Waals surface area contributed by atoms with Crippen LogP contribution >= 0.6 is 0 Å². The van der Waals surface area contributed by atoms with Gasteiger partial charge in [-0.1, -0.05) is 12.1 Å². The highest BCUT2D eigenvalue weighted by Gasteiger charge is 2.10. The molecule has 0 amide bonds. The lowest BCUT2D eigenvalue weighted by Gasteiger charge is -2.04. The summed E-state index contributed by atoms with van der Waals surface area (Å²) >= 11 is 0. The number of hydrogen-bond donors (Lipinski definition) is 1. The highest BCUT2D eigenvalue weighted by Crippen LogP contribution is 2.14. The molecule has 2 rings (SSSR count). The summed E-state index contributed by atoms with van der Waals surface area (Å²) in [5, 5.41) is 16.6. The Bertz CT molecular complexity index is 546. The number of aryl methyl sites for hydroxylation is 2. The summed E-state index contributed by atoms with van der Waals surface area (Å²) in [4.78, 5) is 12.0. The highest BCUT2D eigenvalue weighted by molar-refractivity contribution is 5.84. The minimum atomic E-state index is -1.07. The Morgan fingerprint density at radius 3 is 2.75 bits per heavy atom. The van der Waals surface area contributed by atoms with Gasteiger partial charge in [0.15, 0.2) is 5.69 Å². The average molecular weight is 217 g/mol.